The number of nitrogens with zero attached hydrogens (tertiary/aromatic N) is 4. The number of rotatable bonds is 11. The van der Waals surface area contributed by atoms with Gasteiger partial charge in [-0.1, -0.05) is 0 Å². The summed E-state index contributed by atoms with van der Waals surface area (Å²) in [5.74, 6) is 1.06. The largest absolute Gasteiger partial charge is 0.464 e. The Hall–Kier alpha value is -1.67. The zero-order chi connectivity index (χ0) is 15.5. The lowest BCUT2D eigenvalue weighted by atomic mass is 10.5. The maximum absolute atomic E-state index is 5.40. The highest BCUT2D eigenvalue weighted by Gasteiger charge is 2.14. The van der Waals surface area contributed by atoms with E-state index in [0.29, 0.717) is 50.8 Å². The van der Waals surface area contributed by atoms with Crippen LogP contribution in [-0.2, 0) is 9.47 Å². The van der Waals surface area contributed by atoms with Crippen molar-refractivity contribution in [1.29, 1.82) is 0 Å². The van der Waals surface area contributed by atoms with Crippen molar-refractivity contribution in [3.05, 3.63) is 0 Å². The Labute approximate surface area is 125 Å². The maximum Gasteiger partial charge on any atom is 0.323 e. The summed E-state index contributed by atoms with van der Waals surface area (Å²) in [6.45, 7) is 7.60. The van der Waals surface area contributed by atoms with Crippen LogP contribution in [0.25, 0.3) is 0 Å². The fourth-order valence-corrected chi connectivity index (χ4v) is 1.63. The van der Waals surface area contributed by atoms with Crippen molar-refractivity contribution in [1.82, 2.24) is 15.0 Å². The van der Waals surface area contributed by atoms with Gasteiger partial charge in [0.15, 0.2) is 0 Å². The highest BCUT2D eigenvalue weighted by molar-refractivity contribution is 5.38. The maximum atomic E-state index is 5.40. The van der Waals surface area contributed by atoms with Crippen LogP contribution in [0.3, 0.4) is 0 Å². The smallest absolute Gasteiger partial charge is 0.323 e. The van der Waals surface area contributed by atoms with E-state index in [4.69, 9.17) is 14.2 Å². The Bertz CT molecular complexity index is 373. The van der Waals surface area contributed by atoms with Crippen molar-refractivity contribution in [2.45, 2.75) is 13.8 Å². The van der Waals surface area contributed by atoms with Crippen molar-refractivity contribution in [2.75, 3.05) is 63.9 Å². The summed E-state index contributed by atoms with van der Waals surface area (Å²) in [6, 6.07) is 0.318. The van der Waals surface area contributed by atoms with Gasteiger partial charge in [-0.2, -0.15) is 15.0 Å². The molecule has 1 rings (SSSR count). The predicted octanol–water partition coefficient (Wildman–Crippen LogP) is 0.801. The van der Waals surface area contributed by atoms with Gasteiger partial charge in [-0.15, -0.1) is 0 Å². The average Bonchev–Trinajstić information content (AvgIpc) is 2.48. The summed E-state index contributed by atoms with van der Waals surface area (Å²) in [7, 11) is 3.33. The van der Waals surface area contributed by atoms with Crippen molar-refractivity contribution in [3.8, 4) is 6.01 Å². The molecule has 1 aromatic rings. The molecule has 21 heavy (non-hydrogen) atoms. The molecule has 0 aromatic carbocycles. The first-order valence-corrected chi connectivity index (χ1v) is 7.10. The molecule has 0 saturated heterocycles. The highest BCUT2D eigenvalue weighted by atomic mass is 16.5. The molecule has 0 spiro atoms. The van der Waals surface area contributed by atoms with Crippen LogP contribution in [0.4, 0.5) is 11.9 Å². The van der Waals surface area contributed by atoms with Gasteiger partial charge in [-0.25, -0.2) is 0 Å². The number of anilines is 2. The molecular weight excluding hydrogens is 274 g/mol. The molecule has 8 nitrogen and oxygen atoms in total. The first-order chi connectivity index (χ1) is 10.2. The summed E-state index contributed by atoms with van der Waals surface area (Å²) in [4.78, 5) is 15.0. The van der Waals surface area contributed by atoms with E-state index in [0.717, 1.165) is 6.54 Å². The zero-order valence-electron chi connectivity index (χ0n) is 13.3. The minimum absolute atomic E-state index is 0.318. The van der Waals surface area contributed by atoms with Gasteiger partial charge in [0.2, 0.25) is 11.9 Å². The van der Waals surface area contributed by atoms with Gasteiger partial charge >= 0.3 is 6.01 Å². The van der Waals surface area contributed by atoms with Gasteiger partial charge in [-0.05, 0) is 13.8 Å². The van der Waals surface area contributed by atoms with Crippen LogP contribution in [-0.4, -0.2) is 68.6 Å². The molecular formula is C13H25N5O3. The lowest BCUT2D eigenvalue weighted by Gasteiger charge is -2.22. The van der Waals surface area contributed by atoms with Gasteiger partial charge in [0.05, 0.1) is 19.8 Å². The summed E-state index contributed by atoms with van der Waals surface area (Å²) >= 11 is 0. The second-order valence-corrected chi connectivity index (χ2v) is 4.18. The Morgan fingerprint density at radius 1 is 1.00 bits per heavy atom. The van der Waals surface area contributed by atoms with Crippen LogP contribution in [0.15, 0.2) is 0 Å². The molecule has 0 unspecified atom stereocenters. The van der Waals surface area contributed by atoms with Crippen molar-refractivity contribution >= 4 is 11.9 Å². The molecule has 1 heterocycles. The van der Waals surface area contributed by atoms with Crippen LogP contribution in [0.2, 0.25) is 0 Å². The minimum Gasteiger partial charge on any atom is -0.464 e. The van der Waals surface area contributed by atoms with E-state index in [9.17, 15) is 0 Å². The SMILES string of the molecule is CCNc1nc(OCC)nc(N(CCOC)CCOC)n1. The summed E-state index contributed by atoms with van der Waals surface area (Å²) < 4.78 is 15.7. The number of hydrogen-bond acceptors (Lipinski definition) is 8. The van der Waals surface area contributed by atoms with E-state index in [-0.39, 0.29) is 0 Å². The zero-order valence-corrected chi connectivity index (χ0v) is 13.3. The Morgan fingerprint density at radius 3 is 2.19 bits per heavy atom. The highest BCUT2D eigenvalue weighted by Crippen LogP contribution is 2.15. The number of aromatic nitrogens is 3. The molecule has 0 aliphatic heterocycles. The van der Waals surface area contributed by atoms with Crippen LogP contribution in [0, 0.1) is 0 Å². The predicted molar refractivity (Wildman–Crippen MR) is 81.1 cm³/mol. The normalized spacial score (nSPS) is 10.5. The molecule has 0 aliphatic rings. The van der Waals surface area contributed by atoms with Gasteiger partial charge in [0.1, 0.15) is 0 Å². The molecule has 0 amide bonds. The lowest BCUT2D eigenvalue weighted by Crippen LogP contribution is -2.32. The first-order valence-electron chi connectivity index (χ1n) is 7.10. The van der Waals surface area contributed by atoms with Crippen LogP contribution in [0.5, 0.6) is 6.01 Å². The molecule has 1 N–H and O–H groups in total. The van der Waals surface area contributed by atoms with E-state index in [1.165, 1.54) is 0 Å². The van der Waals surface area contributed by atoms with E-state index >= 15 is 0 Å². The second kappa shape index (κ2) is 10.1. The molecule has 0 saturated carbocycles. The number of hydrogen-bond donors (Lipinski definition) is 1. The van der Waals surface area contributed by atoms with Crippen LogP contribution in [0.1, 0.15) is 13.8 Å². The van der Waals surface area contributed by atoms with Gasteiger partial charge in [0.25, 0.3) is 0 Å². The lowest BCUT2D eigenvalue weighted by molar-refractivity contribution is 0.189. The van der Waals surface area contributed by atoms with E-state index in [1.54, 1.807) is 14.2 Å². The van der Waals surface area contributed by atoms with Crippen molar-refractivity contribution in [2.24, 2.45) is 0 Å². The number of methoxy groups -OCH3 is 2. The molecule has 0 aliphatic carbocycles. The fourth-order valence-electron chi connectivity index (χ4n) is 1.63. The topological polar surface area (TPSA) is 81.6 Å². The fraction of sp³-hybridized carbons (Fsp3) is 0.769. The van der Waals surface area contributed by atoms with Gasteiger partial charge < -0.3 is 24.4 Å². The Kier molecular flexibility index (Phi) is 8.37. The molecule has 0 fully saturated rings. The summed E-state index contributed by atoms with van der Waals surface area (Å²) in [6.07, 6.45) is 0. The van der Waals surface area contributed by atoms with Crippen LogP contribution >= 0.6 is 0 Å². The molecule has 0 radical (unpaired) electrons. The standard InChI is InChI=1S/C13H25N5O3/c1-5-14-11-15-12(17-13(16-11)21-6-2)18(7-9-19-3)8-10-20-4/h5-10H2,1-4H3,(H,14,15,16,17). The molecule has 0 atom stereocenters. The monoisotopic (exact) mass is 299 g/mol. The van der Waals surface area contributed by atoms with Crippen LogP contribution < -0.4 is 15.0 Å². The van der Waals surface area contributed by atoms with Gasteiger partial charge in [0, 0.05) is 33.9 Å². The summed E-state index contributed by atoms with van der Waals surface area (Å²) in [5.41, 5.74) is 0. The first kappa shape index (κ1) is 17.4. The van der Waals surface area contributed by atoms with E-state index in [2.05, 4.69) is 20.3 Å². The van der Waals surface area contributed by atoms with E-state index < -0.39 is 0 Å². The second-order valence-electron chi connectivity index (χ2n) is 4.18. The molecule has 1 aromatic heterocycles. The molecule has 120 valence electrons. The molecule has 0 bridgehead atoms. The van der Waals surface area contributed by atoms with E-state index in [1.807, 2.05) is 18.7 Å². The Morgan fingerprint density at radius 2 is 1.67 bits per heavy atom. The number of nitrogens with one attached hydrogen (secondary N) is 1. The quantitative estimate of drug-likeness (QED) is 0.642. The average molecular weight is 299 g/mol. The summed E-state index contributed by atoms with van der Waals surface area (Å²) in [5, 5.41) is 3.08. The van der Waals surface area contributed by atoms with Crippen molar-refractivity contribution < 1.29 is 14.2 Å². The Balaban J connectivity index is 2.96. The molecule has 8 heteroatoms. The third-order valence-electron chi connectivity index (χ3n) is 2.62. The third kappa shape index (κ3) is 6.09. The number of ether oxygens (including phenoxy) is 3. The third-order valence-corrected chi connectivity index (χ3v) is 2.62. The minimum atomic E-state index is 0.318. The van der Waals surface area contributed by atoms with Gasteiger partial charge in [-0.3, -0.25) is 0 Å². The van der Waals surface area contributed by atoms with Crippen molar-refractivity contribution in [3.63, 3.8) is 0 Å².